The minimum atomic E-state index is -0.806. The van der Waals surface area contributed by atoms with Crippen LogP contribution in [0.5, 0.6) is 0 Å². The fourth-order valence-electron chi connectivity index (χ4n) is 1.30. The Morgan fingerprint density at radius 2 is 2.38 bits per heavy atom. The summed E-state index contributed by atoms with van der Waals surface area (Å²) < 4.78 is 0. The molecule has 4 nitrogen and oxygen atoms in total. The zero-order valence-electron chi connectivity index (χ0n) is 7.62. The molecule has 0 fully saturated rings. The van der Waals surface area contributed by atoms with E-state index < -0.39 is 5.97 Å². The maximum absolute atomic E-state index is 11.3. The van der Waals surface area contributed by atoms with Crippen molar-refractivity contribution in [3.63, 3.8) is 0 Å². The Bertz CT molecular complexity index is 258. The highest BCUT2D eigenvalue weighted by atomic mass is 16.4. The molecule has 0 aromatic heterocycles. The number of carbonyl (C=O) groups is 2. The number of carboxylic acid groups (broad SMARTS) is 1. The number of amides is 1. The number of likely N-dealkylation sites (N-methyl/N-ethyl adjacent to an activating group) is 1. The van der Waals surface area contributed by atoms with Crippen LogP contribution in [0.25, 0.3) is 0 Å². The van der Waals surface area contributed by atoms with Crippen LogP contribution in [0.15, 0.2) is 11.6 Å². The van der Waals surface area contributed by atoms with Gasteiger partial charge in [0, 0.05) is 25.6 Å². The molecule has 0 aromatic rings. The summed E-state index contributed by atoms with van der Waals surface area (Å²) in [5.41, 5.74) is 0.753. The SMILES string of the molecule is CN1CC=C(CCCC(=O)O)C1=O. The van der Waals surface area contributed by atoms with Gasteiger partial charge in [-0.25, -0.2) is 0 Å². The van der Waals surface area contributed by atoms with E-state index in [4.69, 9.17) is 5.11 Å². The predicted octanol–water partition coefficient (Wildman–Crippen LogP) is 0.640. The fraction of sp³-hybridized carbons (Fsp3) is 0.556. The number of aliphatic carboxylic acids is 1. The van der Waals surface area contributed by atoms with Crippen LogP contribution < -0.4 is 0 Å². The van der Waals surface area contributed by atoms with Gasteiger partial charge in [0.2, 0.25) is 5.91 Å². The van der Waals surface area contributed by atoms with E-state index in [1.165, 1.54) is 0 Å². The summed E-state index contributed by atoms with van der Waals surface area (Å²) in [7, 11) is 1.74. The molecule has 4 heteroatoms. The normalized spacial score (nSPS) is 16.2. The Labute approximate surface area is 76.8 Å². The highest BCUT2D eigenvalue weighted by Crippen LogP contribution is 2.15. The van der Waals surface area contributed by atoms with Gasteiger partial charge in [0.05, 0.1) is 0 Å². The van der Waals surface area contributed by atoms with Crippen molar-refractivity contribution < 1.29 is 14.7 Å². The molecule has 72 valence electrons. The van der Waals surface area contributed by atoms with Crippen molar-refractivity contribution in [3.05, 3.63) is 11.6 Å². The second-order valence-corrected chi connectivity index (χ2v) is 3.16. The summed E-state index contributed by atoms with van der Waals surface area (Å²) in [5, 5.41) is 8.39. The van der Waals surface area contributed by atoms with Crippen molar-refractivity contribution in [1.29, 1.82) is 0 Å². The summed E-state index contributed by atoms with van der Waals surface area (Å²) in [6.07, 6.45) is 3.12. The number of nitrogens with zero attached hydrogens (tertiary/aromatic N) is 1. The molecular formula is C9H13NO3. The molecule has 13 heavy (non-hydrogen) atoms. The first-order valence-electron chi connectivity index (χ1n) is 4.27. The minimum Gasteiger partial charge on any atom is -0.481 e. The van der Waals surface area contributed by atoms with Crippen LogP contribution in [0.4, 0.5) is 0 Å². The summed E-state index contributed by atoms with van der Waals surface area (Å²) in [6, 6.07) is 0. The summed E-state index contributed by atoms with van der Waals surface area (Å²) in [5.74, 6) is -0.773. The molecule has 0 atom stereocenters. The van der Waals surface area contributed by atoms with E-state index in [1.54, 1.807) is 11.9 Å². The van der Waals surface area contributed by atoms with Crippen molar-refractivity contribution in [3.8, 4) is 0 Å². The molecule has 1 aliphatic rings. The Balaban J connectivity index is 2.30. The molecular weight excluding hydrogens is 170 g/mol. The summed E-state index contributed by atoms with van der Waals surface area (Å²) >= 11 is 0. The van der Waals surface area contributed by atoms with Gasteiger partial charge in [-0.05, 0) is 12.8 Å². The summed E-state index contributed by atoms with van der Waals surface area (Å²) in [6.45, 7) is 0.654. The Morgan fingerprint density at radius 3 is 2.85 bits per heavy atom. The average molecular weight is 183 g/mol. The molecule has 0 unspecified atom stereocenters. The van der Waals surface area contributed by atoms with Crippen LogP contribution in [-0.2, 0) is 9.59 Å². The van der Waals surface area contributed by atoms with Gasteiger partial charge in [-0.15, -0.1) is 0 Å². The van der Waals surface area contributed by atoms with Crippen molar-refractivity contribution in [1.82, 2.24) is 4.90 Å². The molecule has 1 rings (SSSR count). The van der Waals surface area contributed by atoms with E-state index in [0.717, 1.165) is 5.57 Å². The van der Waals surface area contributed by atoms with Crippen LogP contribution in [0.3, 0.4) is 0 Å². The van der Waals surface area contributed by atoms with E-state index in [0.29, 0.717) is 19.4 Å². The maximum Gasteiger partial charge on any atom is 0.303 e. The standard InChI is InChI=1S/C9H13NO3/c1-10-6-5-7(9(10)13)3-2-4-8(11)12/h5H,2-4,6H2,1H3,(H,11,12). The second kappa shape index (κ2) is 4.07. The Kier molecular flexibility index (Phi) is 3.06. The first-order valence-corrected chi connectivity index (χ1v) is 4.27. The van der Waals surface area contributed by atoms with Crippen LogP contribution in [0.1, 0.15) is 19.3 Å². The number of carbonyl (C=O) groups excluding carboxylic acids is 1. The van der Waals surface area contributed by atoms with Crippen LogP contribution in [0, 0.1) is 0 Å². The molecule has 1 aliphatic heterocycles. The molecule has 0 aromatic carbocycles. The van der Waals surface area contributed by atoms with Crippen molar-refractivity contribution in [2.75, 3.05) is 13.6 Å². The van der Waals surface area contributed by atoms with E-state index >= 15 is 0 Å². The third kappa shape index (κ3) is 2.57. The van der Waals surface area contributed by atoms with Gasteiger partial charge >= 0.3 is 5.97 Å². The van der Waals surface area contributed by atoms with Gasteiger partial charge in [0.1, 0.15) is 0 Å². The molecule has 0 spiro atoms. The fourth-order valence-corrected chi connectivity index (χ4v) is 1.30. The lowest BCUT2D eigenvalue weighted by atomic mass is 10.1. The zero-order chi connectivity index (χ0) is 9.84. The minimum absolute atomic E-state index is 0.0328. The zero-order valence-corrected chi connectivity index (χ0v) is 7.62. The van der Waals surface area contributed by atoms with E-state index in [9.17, 15) is 9.59 Å². The third-order valence-corrected chi connectivity index (χ3v) is 2.07. The van der Waals surface area contributed by atoms with E-state index in [1.807, 2.05) is 6.08 Å². The van der Waals surface area contributed by atoms with Gasteiger partial charge in [-0.3, -0.25) is 9.59 Å². The van der Waals surface area contributed by atoms with Crippen molar-refractivity contribution >= 4 is 11.9 Å². The Morgan fingerprint density at radius 1 is 1.69 bits per heavy atom. The molecule has 1 N–H and O–H groups in total. The van der Waals surface area contributed by atoms with E-state index in [-0.39, 0.29) is 12.3 Å². The number of rotatable bonds is 4. The summed E-state index contributed by atoms with van der Waals surface area (Å²) in [4.78, 5) is 23.1. The molecule has 0 saturated heterocycles. The monoisotopic (exact) mass is 183 g/mol. The third-order valence-electron chi connectivity index (χ3n) is 2.07. The molecule has 0 radical (unpaired) electrons. The van der Waals surface area contributed by atoms with Gasteiger partial charge in [-0.1, -0.05) is 6.08 Å². The van der Waals surface area contributed by atoms with Gasteiger partial charge in [0.25, 0.3) is 0 Å². The smallest absolute Gasteiger partial charge is 0.303 e. The molecule has 0 bridgehead atoms. The second-order valence-electron chi connectivity index (χ2n) is 3.16. The first-order chi connectivity index (χ1) is 6.11. The number of hydrogen-bond acceptors (Lipinski definition) is 2. The molecule has 1 amide bonds. The molecule has 0 aliphatic carbocycles. The first kappa shape index (κ1) is 9.77. The lowest BCUT2D eigenvalue weighted by molar-refractivity contribution is -0.137. The number of carboxylic acids is 1. The van der Waals surface area contributed by atoms with E-state index in [2.05, 4.69) is 0 Å². The average Bonchev–Trinajstić information content (AvgIpc) is 2.35. The molecule has 0 saturated carbocycles. The van der Waals surface area contributed by atoms with Crippen LogP contribution in [0.2, 0.25) is 0 Å². The quantitative estimate of drug-likeness (QED) is 0.695. The van der Waals surface area contributed by atoms with Crippen molar-refractivity contribution in [2.45, 2.75) is 19.3 Å². The maximum atomic E-state index is 11.3. The Hall–Kier alpha value is -1.32. The van der Waals surface area contributed by atoms with Gasteiger partial charge in [0.15, 0.2) is 0 Å². The van der Waals surface area contributed by atoms with Gasteiger partial charge in [-0.2, -0.15) is 0 Å². The largest absolute Gasteiger partial charge is 0.481 e. The van der Waals surface area contributed by atoms with Crippen LogP contribution in [-0.4, -0.2) is 35.5 Å². The topological polar surface area (TPSA) is 57.6 Å². The number of hydrogen-bond donors (Lipinski definition) is 1. The van der Waals surface area contributed by atoms with Gasteiger partial charge < -0.3 is 10.0 Å². The molecule has 1 heterocycles. The van der Waals surface area contributed by atoms with Crippen LogP contribution >= 0.6 is 0 Å². The lowest BCUT2D eigenvalue weighted by Gasteiger charge is -2.07. The van der Waals surface area contributed by atoms with Crippen molar-refractivity contribution in [2.24, 2.45) is 0 Å². The lowest BCUT2D eigenvalue weighted by Crippen LogP contribution is -2.21. The predicted molar refractivity (Wildman–Crippen MR) is 47.2 cm³/mol. The highest BCUT2D eigenvalue weighted by Gasteiger charge is 2.19. The highest BCUT2D eigenvalue weighted by molar-refractivity contribution is 5.95.